The minimum absolute atomic E-state index is 0.995. The molecule has 0 aromatic rings. The minimum Gasteiger partial charge on any atom is -0.381 e. The van der Waals surface area contributed by atoms with Crippen molar-refractivity contribution in [2.45, 2.75) is 168 Å². The van der Waals surface area contributed by atoms with Gasteiger partial charge in [0, 0.05) is 13.2 Å². The van der Waals surface area contributed by atoms with E-state index in [1.54, 1.807) is 0 Å². The molecule has 0 N–H and O–H groups in total. The summed E-state index contributed by atoms with van der Waals surface area (Å²) in [6.07, 6.45) is 32.4. The van der Waals surface area contributed by atoms with Crippen molar-refractivity contribution < 1.29 is 4.74 Å². The second-order valence-corrected chi connectivity index (χ2v) is 10.5. The molecule has 0 unspecified atom stereocenters. The van der Waals surface area contributed by atoms with E-state index < -0.39 is 0 Å². The van der Waals surface area contributed by atoms with Gasteiger partial charge >= 0.3 is 0 Å². The van der Waals surface area contributed by atoms with Crippen LogP contribution < -0.4 is 0 Å². The van der Waals surface area contributed by atoms with E-state index in [-0.39, 0.29) is 0 Å². The summed E-state index contributed by atoms with van der Waals surface area (Å²) < 4.78 is 5.80. The van der Waals surface area contributed by atoms with Gasteiger partial charge in [0.25, 0.3) is 0 Å². The highest BCUT2D eigenvalue weighted by molar-refractivity contribution is 4.49. The number of hydrogen-bond acceptors (Lipinski definition) is 2. The zero-order valence-corrected chi connectivity index (χ0v) is 24.2. The van der Waals surface area contributed by atoms with Gasteiger partial charge in [-0.25, -0.2) is 0 Å². The first-order valence-corrected chi connectivity index (χ1v) is 15.4. The van der Waals surface area contributed by atoms with E-state index in [0.29, 0.717) is 0 Å². The molecule has 0 aromatic carbocycles. The molecule has 0 fully saturated rings. The first kappa shape index (κ1) is 35.1. The lowest BCUT2D eigenvalue weighted by atomic mass is 10.1. The number of nitrogens with zero attached hydrogens (tertiary/aromatic N) is 1. The Bertz CT molecular complexity index is 281. The standard InChI is InChI=1S/C26H54O.C5H13N/c1-3-5-7-9-11-13-15-17-19-21-23-25-27-26-24-22-20-18-16-14-12-10-8-6-4-2;1-4-5-6(2)3/h3-26H2,1-2H3;4-5H2,1-3H3. The maximum Gasteiger partial charge on any atom is 0.0466 e. The molecule has 0 radical (unpaired) electrons. The molecule has 0 aliphatic heterocycles. The van der Waals surface area contributed by atoms with Gasteiger partial charge in [-0.1, -0.05) is 149 Å². The molecule has 0 rings (SSSR count). The molecule has 0 spiro atoms. The second kappa shape index (κ2) is 34.1. The Labute approximate surface area is 212 Å². The Hall–Kier alpha value is -0.0800. The van der Waals surface area contributed by atoms with Crippen molar-refractivity contribution in [2.24, 2.45) is 0 Å². The highest BCUT2D eigenvalue weighted by Gasteiger charge is 1.95. The van der Waals surface area contributed by atoms with Crippen LogP contribution in [-0.2, 0) is 4.74 Å². The van der Waals surface area contributed by atoms with Gasteiger partial charge in [0.2, 0.25) is 0 Å². The Morgan fingerprint density at radius 2 is 0.636 bits per heavy atom. The number of ether oxygens (including phenoxy) is 1. The van der Waals surface area contributed by atoms with E-state index in [2.05, 4.69) is 39.8 Å². The molecular weight excluding hydrogens is 402 g/mol. The molecule has 0 heterocycles. The van der Waals surface area contributed by atoms with Crippen LogP contribution in [0.25, 0.3) is 0 Å². The van der Waals surface area contributed by atoms with Crippen LogP contribution in [0.5, 0.6) is 0 Å². The highest BCUT2D eigenvalue weighted by atomic mass is 16.5. The van der Waals surface area contributed by atoms with Crippen LogP contribution in [0.4, 0.5) is 0 Å². The van der Waals surface area contributed by atoms with E-state index in [4.69, 9.17) is 4.74 Å². The quantitative estimate of drug-likeness (QED) is 0.117. The Morgan fingerprint density at radius 3 is 0.848 bits per heavy atom. The predicted octanol–water partition coefficient (Wildman–Crippen LogP) is 10.6. The molecule has 0 aromatic heterocycles. The zero-order valence-electron chi connectivity index (χ0n) is 24.2. The summed E-state index contributed by atoms with van der Waals surface area (Å²) in [5.74, 6) is 0. The highest BCUT2D eigenvalue weighted by Crippen LogP contribution is 2.12. The summed E-state index contributed by atoms with van der Waals surface area (Å²) in [5, 5.41) is 0. The van der Waals surface area contributed by atoms with Crippen LogP contribution in [0.1, 0.15) is 168 Å². The van der Waals surface area contributed by atoms with Crippen molar-refractivity contribution in [3.8, 4) is 0 Å². The Morgan fingerprint density at radius 1 is 0.364 bits per heavy atom. The van der Waals surface area contributed by atoms with E-state index in [9.17, 15) is 0 Å². The summed E-state index contributed by atoms with van der Waals surface area (Å²) in [6, 6.07) is 0. The average Bonchev–Trinajstić information content (AvgIpc) is 2.80. The Balaban J connectivity index is 0. The molecule has 0 aliphatic rings. The summed E-state index contributed by atoms with van der Waals surface area (Å²) in [6.45, 7) is 9.97. The summed E-state index contributed by atoms with van der Waals surface area (Å²) in [4.78, 5) is 2.18. The van der Waals surface area contributed by atoms with Gasteiger partial charge in [0.1, 0.15) is 0 Å². The molecule has 0 amide bonds. The molecule has 0 aliphatic carbocycles. The zero-order chi connectivity index (χ0) is 24.7. The molecule has 0 bridgehead atoms. The third-order valence-electron chi connectivity index (χ3n) is 6.46. The van der Waals surface area contributed by atoms with E-state index in [1.165, 1.54) is 154 Å². The van der Waals surface area contributed by atoms with E-state index >= 15 is 0 Å². The normalized spacial score (nSPS) is 11.1. The largest absolute Gasteiger partial charge is 0.381 e. The van der Waals surface area contributed by atoms with Crippen LogP contribution in [0, 0.1) is 0 Å². The van der Waals surface area contributed by atoms with Crippen molar-refractivity contribution in [1.29, 1.82) is 0 Å². The third kappa shape index (κ3) is 39.4. The first-order chi connectivity index (χ1) is 16.2. The average molecular weight is 470 g/mol. The first-order valence-electron chi connectivity index (χ1n) is 15.4. The summed E-state index contributed by atoms with van der Waals surface area (Å²) >= 11 is 0. The van der Waals surface area contributed by atoms with Crippen LogP contribution in [0.15, 0.2) is 0 Å². The van der Waals surface area contributed by atoms with Gasteiger partial charge in [-0.3, -0.25) is 0 Å². The van der Waals surface area contributed by atoms with Crippen molar-refractivity contribution in [3.05, 3.63) is 0 Å². The van der Waals surface area contributed by atoms with Crippen molar-refractivity contribution in [3.63, 3.8) is 0 Å². The van der Waals surface area contributed by atoms with Crippen LogP contribution in [0.3, 0.4) is 0 Å². The number of hydrogen-bond donors (Lipinski definition) is 0. The van der Waals surface area contributed by atoms with Crippen LogP contribution >= 0.6 is 0 Å². The third-order valence-corrected chi connectivity index (χ3v) is 6.46. The smallest absolute Gasteiger partial charge is 0.0466 e. The molecule has 0 saturated heterocycles. The van der Waals surface area contributed by atoms with Crippen LogP contribution in [-0.4, -0.2) is 38.8 Å². The van der Waals surface area contributed by atoms with Gasteiger partial charge < -0.3 is 9.64 Å². The summed E-state index contributed by atoms with van der Waals surface area (Å²) in [7, 11) is 4.17. The van der Waals surface area contributed by atoms with Crippen molar-refractivity contribution >= 4 is 0 Å². The molecule has 0 atom stereocenters. The van der Waals surface area contributed by atoms with Gasteiger partial charge in [0.05, 0.1) is 0 Å². The van der Waals surface area contributed by atoms with Crippen molar-refractivity contribution in [2.75, 3.05) is 33.9 Å². The fourth-order valence-corrected chi connectivity index (χ4v) is 4.29. The molecular formula is C31H67NO. The lowest BCUT2D eigenvalue weighted by Gasteiger charge is -2.05. The molecule has 202 valence electrons. The Kier molecular flexibility index (Phi) is 36.2. The lowest BCUT2D eigenvalue weighted by Crippen LogP contribution is -2.11. The molecule has 33 heavy (non-hydrogen) atoms. The number of unbranched alkanes of at least 4 members (excludes halogenated alkanes) is 20. The summed E-state index contributed by atoms with van der Waals surface area (Å²) in [5.41, 5.74) is 0. The molecule has 0 saturated carbocycles. The SMILES string of the molecule is CCCCCCCCCCCCCOCCCCCCCCCCCCC.CCCN(C)C. The van der Waals surface area contributed by atoms with E-state index in [1.807, 2.05) is 0 Å². The van der Waals surface area contributed by atoms with E-state index in [0.717, 1.165) is 13.2 Å². The van der Waals surface area contributed by atoms with Gasteiger partial charge in [-0.2, -0.15) is 0 Å². The van der Waals surface area contributed by atoms with Gasteiger partial charge in [-0.15, -0.1) is 0 Å². The van der Waals surface area contributed by atoms with Gasteiger partial charge in [-0.05, 0) is 39.9 Å². The fourth-order valence-electron chi connectivity index (χ4n) is 4.29. The second-order valence-electron chi connectivity index (χ2n) is 10.5. The predicted molar refractivity (Wildman–Crippen MR) is 153 cm³/mol. The minimum atomic E-state index is 0.995. The number of rotatable bonds is 26. The van der Waals surface area contributed by atoms with Crippen LogP contribution in [0.2, 0.25) is 0 Å². The topological polar surface area (TPSA) is 12.5 Å². The molecule has 2 heteroatoms. The molecule has 2 nitrogen and oxygen atoms in total. The maximum atomic E-state index is 5.80. The monoisotopic (exact) mass is 470 g/mol. The maximum absolute atomic E-state index is 5.80. The van der Waals surface area contributed by atoms with Gasteiger partial charge in [0.15, 0.2) is 0 Å². The van der Waals surface area contributed by atoms with Crippen molar-refractivity contribution in [1.82, 2.24) is 4.90 Å². The lowest BCUT2D eigenvalue weighted by molar-refractivity contribution is 0.125. The fraction of sp³-hybridized carbons (Fsp3) is 1.00.